The summed E-state index contributed by atoms with van der Waals surface area (Å²) in [5.41, 5.74) is 8.21. The first-order valence-electron chi connectivity index (χ1n) is 14.9. The van der Waals surface area contributed by atoms with Gasteiger partial charge in [-0.15, -0.1) is 0 Å². The second-order valence-corrected chi connectivity index (χ2v) is 11.4. The molecule has 0 radical (unpaired) electrons. The molecule has 0 aliphatic heterocycles. The van der Waals surface area contributed by atoms with Crippen LogP contribution in [-0.2, 0) is 14.1 Å². The van der Waals surface area contributed by atoms with Gasteiger partial charge in [-0.05, 0) is 67.9 Å². The van der Waals surface area contributed by atoms with Crippen molar-refractivity contribution in [2.45, 2.75) is 13.8 Å². The van der Waals surface area contributed by atoms with Crippen molar-refractivity contribution in [2.24, 2.45) is 14.1 Å². The summed E-state index contributed by atoms with van der Waals surface area (Å²) in [4.78, 5) is 9.33. The van der Waals surface area contributed by atoms with E-state index < -0.39 is 0 Å². The topological polar surface area (TPSA) is 67.6 Å². The number of rotatable bonds is 6. The molecule has 8 heteroatoms. The summed E-state index contributed by atoms with van der Waals surface area (Å²) in [5.74, 6) is 3.16. The van der Waals surface area contributed by atoms with Gasteiger partial charge in [-0.2, -0.15) is 5.10 Å². The molecule has 0 N–H and O–H groups in total. The molecule has 0 saturated carbocycles. The molecule has 0 aliphatic rings. The van der Waals surface area contributed by atoms with Crippen LogP contribution in [-0.4, -0.2) is 33.4 Å². The zero-order valence-corrected chi connectivity index (χ0v) is 25.5. The smallest absolute Gasteiger partial charge is 0.214 e. The number of hydrogen-bond donors (Lipinski definition) is 0. The average molecular weight is 590 g/mol. The molecule has 220 valence electrons. The van der Waals surface area contributed by atoms with Crippen molar-refractivity contribution in [1.82, 2.24) is 33.4 Å². The van der Waals surface area contributed by atoms with Crippen molar-refractivity contribution in [1.29, 1.82) is 0 Å². The summed E-state index contributed by atoms with van der Waals surface area (Å²) in [6, 6.07) is 31.2. The molecular formula is C37H31N7O. The zero-order valence-electron chi connectivity index (χ0n) is 25.5. The highest BCUT2D eigenvalue weighted by molar-refractivity contribution is 6.09. The number of hydrogen-bond acceptors (Lipinski definition) is 4. The van der Waals surface area contributed by atoms with Gasteiger partial charge in [0.2, 0.25) is 5.95 Å². The summed E-state index contributed by atoms with van der Waals surface area (Å²) in [6.45, 7) is 4.17. The van der Waals surface area contributed by atoms with Crippen molar-refractivity contribution in [3.63, 3.8) is 0 Å². The van der Waals surface area contributed by atoms with Crippen LogP contribution in [0, 0.1) is 13.8 Å². The largest absolute Gasteiger partial charge is 0.457 e. The van der Waals surface area contributed by atoms with E-state index in [1.807, 2.05) is 77.0 Å². The molecule has 4 heterocycles. The van der Waals surface area contributed by atoms with Crippen LogP contribution in [0.15, 0.2) is 116 Å². The number of fused-ring (bicyclic) bond motifs is 3. The Balaban J connectivity index is 1.28. The van der Waals surface area contributed by atoms with E-state index in [-0.39, 0.29) is 0 Å². The van der Waals surface area contributed by atoms with Crippen LogP contribution in [0.1, 0.15) is 11.4 Å². The molecule has 0 aliphatic carbocycles. The molecule has 8 aromatic rings. The molecule has 45 heavy (non-hydrogen) atoms. The highest BCUT2D eigenvalue weighted by atomic mass is 16.5. The first kappa shape index (κ1) is 26.7. The monoisotopic (exact) mass is 589 g/mol. The molecule has 4 aromatic carbocycles. The first-order chi connectivity index (χ1) is 22.0. The highest BCUT2D eigenvalue weighted by Crippen LogP contribution is 2.38. The number of aromatic nitrogens is 7. The lowest BCUT2D eigenvalue weighted by molar-refractivity contribution is 0.483. The van der Waals surface area contributed by atoms with Crippen LogP contribution in [0.25, 0.3) is 56.0 Å². The Morgan fingerprint density at radius 2 is 1.38 bits per heavy atom. The second kappa shape index (κ2) is 10.4. The molecule has 0 amide bonds. The molecule has 0 saturated heterocycles. The Labute approximate surface area is 260 Å². The van der Waals surface area contributed by atoms with Crippen LogP contribution >= 0.6 is 0 Å². The standard InChI is InChI=1S/C37H31N7O/c1-24-35(25(2)44(40-24)28-10-6-5-7-11-28)26-20-27(36-38-16-18-41(36)3)22-30(21-26)45-29-14-15-32-31-12-8-9-13-33(31)43(34(32)23-29)37-39-17-19-42(37)4/h5-23H,1-4H3. The Bertz CT molecular complexity index is 2350. The van der Waals surface area contributed by atoms with Gasteiger partial charge >= 0.3 is 0 Å². The van der Waals surface area contributed by atoms with Crippen LogP contribution in [0.3, 0.4) is 0 Å². The van der Waals surface area contributed by atoms with E-state index in [1.54, 1.807) is 0 Å². The lowest BCUT2D eigenvalue weighted by Crippen LogP contribution is -2.02. The fraction of sp³-hybridized carbons (Fsp3) is 0.108. The minimum Gasteiger partial charge on any atom is -0.457 e. The van der Waals surface area contributed by atoms with Crippen molar-refractivity contribution in [3.05, 3.63) is 127 Å². The lowest BCUT2D eigenvalue weighted by atomic mass is 10.0. The fourth-order valence-electron chi connectivity index (χ4n) is 6.39. The van der Waals surface area contributed by atoms with Gasteiger partial charge in [-0.25, -0.2) is 14.6 Å². The Morgan fingerprint density at radius 3 is 2.16 bits per heavy atom. The first-order valence-corrected chi connectivity index (χ1v) is 14.9. The molecule has 8 nitrogen and oxygen atoms in total. The number of benzene rings is 4. The Kier molecular flexibility index (Phi) is 6.16. The van der Waals surface area contributed by atoms with Crippen molar-refractivity contribution in [2.75, 3.05) is 0 Å². The Morgan fingerprint density at radius 1 is 0.644 bits per heavy atom. The molecule has 0 atom stereocenters. The third kappa shape index (κ3) is 4.41. The molecular weight excluding hydrogens is 558 g/mol. The average Bonchev–Trinajstić information content (AvgIpc) is 3.82. The molecule has 0 bridgehead atoms. The summed E-state index contributed by atoms with van der Waals surface area (Å²) >= 11 is 0. The van der Waals surface area contributed by atoms with E-state index in [4.69, 9.17) is 9.84 Å². The highest BCUT2D eigenvalue weighted by Gasteiger charge is 2.19. The minimum absolute atomic E-state index is 0.718. The van der Waals surface area contributed by atoms with E-state index in [0.29, 0.717) is 0 Å². The maximum atomic E-state index is 6.69. The lowest BCUT2D eigenvalue weighted by Gasteiger charge is -2.13. The van der Waals surface area contributed by atoms with Crippen molar-refractivity contribution in [3.8, 4) is 45.6 Å². The maximum absolute atomic E-state index is 6.69. The molecule has 4 aromatic heterocycles. The van der Waals surface area contributed by atoms with Gasteiger partial charge in [0.05, 0.1) is 22.4 Å². The third-order valence-electron chi connectivity index (χ3n) is 8.44. The van der Waals surface area contributed by atoms with Gasteiger partial charge in [0, 0.05) is 72.5 Å². The van der Waals surface area contributed by atoms with Crippen LogP contribution in [0.5, 0.6) is 11.5 Å². The van der Waals surface area contributed by atoms with E-state index >= 15 is 0 Å². The molecule has 0 fully saturated rings. The SMILES string of the molecule is Cc1nn(-c2ccccc2)c(C)c1-c1cc(Oc2ccc3c4ccccc4n(-c4nccn4C)c3c2)cc(-c2nccn2C)c1. The third-order valence-corrected chi connectivity index (χ3v) is 8.44. The van der Waals surface area contributed by atoms with E-state index in [9.17, 15) is 0 Å². The predicted octanol–water partition coefficient (Wildman–Crippen LogP) is 8.18. The number of nitrogens with zero attached hydrogens (tertiary/aromatic N) is 7. The number of ether oxygens (including phenoxy) is 1. The van der Waals surface area contributed by atoms with E-state index in [0.717, 1.165) is 73.5 Å². The van der Waals surface area contributed by atoms with Crippen LogP contribution in [0.4, 0.5) is 0 Å². The predicted molar refractivity (Wildman–Crippen MR) is 178 cm³/mol. The van der Waals surface area contributed by atoms with Crippen LogP contribution in [0.2, 0.25) is 0 Å². The number of aryl methyl sites for hydroxylation is 3. The quantitative estimate of drug-likeness (QED) is 0.196. The Hall–Kier alpha value is -5.89. The molecule has 0 unspecified atom stereocenters. The second-order valence-electron chi connectivity index (χ2n) is 11.4. The van der Waals surface area contributed by atoms with Gasteiger partial charge in [-0.1, -0.05) is 36.4 Å². The van der Waals surface area contributed by atoms with E-state index in [1.165, 1.54) is 5.39 Å². The van der Waals surface area contributed by atoms with E-state index in [2.05, 4.69) is 95.1 Å². The molecule has 8 rings (SSSR count). The van der Waals surface area contributed by atoms with Crippen molar-refractivity contribution >= 4 is 21.8 Å². The van der Waals surface area contributed by atoms with Gasteiger partial charge in [0.15, 0.2) is 0 Å². The summed E-state index contributed by atoms with van der Waals surface area (Å²) in [5, 5.41) is 7.23. The normalized spacial score (nSPS) is 11.6. The zero-order chi connectivity index (χ0) is 30.7. The summed E-state index contributed by atoms with van der Waals surface area (Å²) in [7, 11) is 4.02. The van der Waals surface area contributed by atoms with Gasteiger partial charge in [0.1, 0.15) is 17.3 Å². The number of para-hydroxylation sites is 2. The summed E-state index contributed by atoms with van der Waals surface area (Å²) < 4.78 is 14.9. The fourth-order valence-corrected chi connectivity index (χ4v) is 6.39. The van der Waals surface area contributed by atoms with Crippen molar-refractivity contribution < 1.29 is 4.74 Å². The van der Waals surface area contributed by atoms with Crippen LogP contribution < -0.4 is 4.74 Å². The minimum atomic E-state index is 0.718. The summed E-state index contributed by atoms with van der Waals surface area (Å²) in [6.07, 6.45) is 7.56. The van der Waals surface area contributed by atoms with Gasteiger partial charge in [-0.3, -0.25) is 4.57 Å². The van der Waals surface area contributed by atoms with Gasteiger partial charge in [0.25, 0.3) is 0 Å². The van der Waals surface area contributed by atoms with Gasteiger partial charge < -0.3 is 13.9 Å². The maximum Gasteiger partial charge on any atom is 0.214 e. The molecule has 0 spiro atoms. The number of imidazole rings is 2.